The number of nitrogens with one attached hydrogen (secondary N) is 1. The van der Waals surface area contributed by atoms with E-state index in [2.05, 4.69) is 10.3 Å². The number of ether oxygens (including phenoxy) is 2. The lowest BCUT2D eigenvalue weighted by Gasteiger charge is -2.08. The number of hydrogen-bond donors (Lipinski definition) is 1. The fourth-order valence-electron chi connectivity index (χ4n) is 1.28. The summed E-state index contributed by atoms with van der Waals surface area (Å²) < 4.78 is 10.1. The summed E-state index contributed by atoms with van der Waals surface area (Å²) in [6, 6.07) is 3.79. The van der Waals surface area contributed by atoms with E-state index in [9.17, 15) is 0 Å². The van der Waals surface area contributed by atoms with Crippen molar-refractivity contribution in [1.29, 1.82) is 0 Å². The molecule has 1 rings (SSSR count). The molecule has 15 heavy (non-hydrogen) atoms. The summed E-state index contributed by atoms with van der Waals surface area (Å²) in [6.45, 7) is 3.56. The Morgan fingerprint density at radius 1 is 1.33 bits per heavy atom. The summed E-state index contributed by atoms with van der Waals surface area (Å²) in [5.74, 6) is 1.68. The molecule has 0 aliphatic rings. The van der Waals surface area contributed by atoms with Crippen molar-refractivity contribution in [1.82, 2.24) is 4.98 Å². The zero-order chi connectivity index (χ0) is 11.1. The Bertz CT molecular complexity index is 303. The molecule has 1 aromatic rings. The van der Waals surface area contributed by atoms with Gasteiger partial charge in [0.2, 0.25) is 0 Å². The van der Waals surface area contributed by atoms with Gasteiger partial charge in [0, 0.05) is 38.1 Å². The highest BCUT2D eigenvalue weighted by atomic mass is 16.5. The van der Waals surface area contributed by atoms with E-state index in [1.54, 1.807) is 14.2 Å². The molecule has 0 saturated heterocycles. The number of aromatic nitrogens is 1. The maximum absolute atomic E-state index is 5.16. The number of rotatable bonds is 6. The molecule has 1 heterocycles. The molecule has 0 fully saturated rings. The number of nitrogens with zero attached hydrogens (tertiary/aromatic N) is 1. The Labute approximate surface area is 90.6 Å². The molecule has 4 heteroatoms. The van der Waals surface area contributed by atoms with E-state index in [1.165, 1.54) is 0 Å². The van der Waals surface area contributed by atoms with Crippen molar-refractivity contribution < 1.29 is 9.47 Å². The largest absolute Gasteiger partial charge is 0.497 e. The molecule has 0 unspecified atom stereocenters. The molecule has 0 bridgehead atoms. The van der Waals surface area contributed by atoms with Crippen LogP contribution < -0.4 is 10.1 Å². The standard InChI is InChI=1S/C11H18N2O2/c1-9-7-10(15-3)8-11(13-9)12-5-4-6-14-2/h7-8H,4-6H2,1-3H3,(H,12,13). The van der Waals surface area contributed by atoms with Gasteiger partial charge < -0.3 is 14.8 Å². The molecular weight excluding hydrogens is 192 g/mol. The van der Waals surface area contributed by atoms with E-state index < -0.39 is 0 Å². The second-order valence-electron chi connectivity index (χ2n) is 3.31. The number of hydrogen-bond acceptors (Lipinski definition) is 4. The zero-order valence-electron chi connectivity index (χ0n) is 9.54. The highest BCUT2D eigenvalue weighted by molar-refractivity contribution is 5.42. The lowest BCUT2D eigenvalue weighted by molar-refractivity contribution is 0.197. The average Bonchev–Trinajstić information content (AvgIpc) is 2.23. The molecular formula is C11H18N2O2. The molecule has 1 N–H and O–H groups in total. The lowest BCUT2D eigenvalue weighted by atomic mass is 10.3. The van der Waals surface area contributed by atoms with Crippen molar-refractivity contribution >= 4 is 5.82 Å². The Kier molecular flexibility index (Phi) is 4.90. The second-order valence-corrected chi connectivity index (χ2v) is 3.31. The van der Waals surface area contributed by atoms with Crippen LogP contribution in [-0.2, 0) is 4.74 Å². The normalized spacial score (nSPS) is 10.1. The minimum Gasteiger partial charge on any atom is -0.497 e. The van der Waals surface area contributed by atoms with Crippen LogP contribution in [0.25, 0.3) is 0 Å². The summed E-state index contributed by atoms with van der Waals surface area (Å²) >= 11 is 0. The topological polar surface area (TPSA) is 43.4 Å². The van der Waals surface area contributed by atoms with Crippen LogP contribution in [0.4, 0.5) is 5.82 Å². The van der Waals surface area contributed by atoms with Crippen LogP contribution in [0.3, 0.4) is 0 Å². The number of anilines is 1. The van der Waals surface area contributed by atoms with Gasteiger partial charge in [-0.1, -0.05) is 0 Å². The molecule has 84 valence electrons. The molecule has 0 aliphatic carbocycles. The fourth-order valence-corrected chi connectivity index (χ4v) is 1.28. The van der Waals surface area contributed by atoms with E-state index in [0.29, 0.717) is 0 Å². The van der Waals surface area contributed by atoms with Crippen molar-refractivity contribution in [2.24, 2.45) is 0 Å². The fraction of sp³-hybridized carbons (Fsp3) is 0.545. The third-order valence-electron chi connectivity index (χ3n) is 1.99. The van der Waals surface area contributed by atoms with Gasteiger partial charge in [0.05, 0.1) is 7.11 Å². The molecule has 0 saturated carbocycles. The van der Waals surface area contributed by atoms with E-state index >= 15 is 0 Å². The third kappa shape index (κ3) is 4.16. The molecule has 0 aromatic carbocycles. The van der Waals surface area contributed by atoms with E-state index in [-0.39, 0.29) is 0 Å². The SMILES string of the molecule is COCCCNc1cc(OC)cc(C)n1. The van der Waals surface area contributed by atoms with Crippen LogP contribution in [0.5, 0.6) is 5.75 Å². The molecule has 0 spiro atoms. The van der Waals surface area contributed by atoms with Gasteiger partial charge in [-0.2, -0.15) is 0 Å². The highest BCUT2D eigenvalue weighted by Crippen LogP contribution is 2.16. The maximum atomic E-state index is 5.16. The van der Waals surface area contributed by atoms with Crippen molar-refractivity contribution in [2.45, 2.75) is 13.3 Å². The van der Waals surface area contributed by atoms with Gasteiger partial charge in [-0.05, 0) is 13.3 Å². The van der Waals surface area contributed by atoms with Gasteiger partial charge in [0.25, 0.3) is 0 Å². The smallest absolute Gasteiger partial charge is 0.129 e. The van der Waals surface area contributed by atoms with Crippen LogP contribution in [0.15, 0.2) is 12.1 Å². The van der Waals surface area contributed by atoms with Crippen molar-refractivity contribution in [3.8, 4) is 5.75 Å². The van der Waals surface area contributed by atoms with E-state index in [0.717, 1.165) is 36.8 Å². The quantitative estimate of drug-likeness (QED) is 0.728. The summed E-state index contributed by atoms with van der Waals surface area (Å²) in [5, 5.41) is 3.22. The minimum absolute atomic E-state index is 0.760. The number of pyridine rings is 1. The van der Waals surface area contributed by atoms with Crippen LogP contribution in [0.1, 0.15) is 12.1 Å². The summed E-state index contributed by atoms with van der Waals surface area (Å²) in [5.41, 5.74) is 0.948. The number of methoxy groups -OCH3 is 2. The summed E-state index contributed by atoms with van der Waals surface area (Å²) in [4.78, 5) is 4.35. The van der Waals surface area contributed by atoms with Gasteiger partial charge in [0.15, 0.2) is 0 Å². The average molecular weight is 210 g/mol. The first-order valence-electron chi connectivity index (χ1n) is 5.01. The lowest BCUT2D eigenvalue weighted by Crippen LogP contribution is -2.06. The van der Waals surface area contributed by atoms with Gasteiger partial charge in [-0.15, -0.1) is 0 Å². The predicted molar refractivity (Wildman–Crippen MR) is 60.5 cm³/mol. The van der Waals surface area contributed by atoms with Crippen LogP contribution in [0, 0.1) is 6.92 Å². The number of aryl methyl sites for hydroxylation is 1. The Morgan fingerprint density at radius 2 is 2.13 bits per heavy atom. The summed E-state index contributed by atoms with van der Waals surface area (Å²) in [6.07, 6.45) is 0.967. The predicted octanol–water partition coefficient (Wildman–Crippen LogP) is 1.85. The summed E-state index contributed by atoms with van der Waals surface area (Å²) in [7, 11) is 3.36. The van der Waals surface area contributed by atoms with Gasteiger partial charge in [0.1, 0.15) is 11.6 Å². The van der Waals surface area contributed by atoms with Crippen LogP contribution in [0.2, 0.25) is 0 Å². The monoisotopic (exact) mass is 210 g/mol. The first-order valence-corrected chi connectivity index (χ1v) is 5.01. The van der Waals surface area contributed by atoms with Crippen LogP contribution >= 0.6 is 0 Å². The van der Waals surface area contributed by atoms with Crippen LogP contribution in [-0.4, -0.2) is 32.4 Å². The molecule has 4 nitrogen and oxygen atoms in total. The highest BCUT2D eigenvalue weighted by Gasteiger charge is 1.99. The molecule has 1 aromatic heterocycles. The van der Waals surface area contributed by atoms with Crippen molar-refractivity contribution in [3.63, 3.8) is 0 Å². The van der Waals surface area contributed by atoms with Gasteiger partial charge in [-0.25, -0.2) is 4.98 Å². The first-order chi connectivity index (χ1) is 7.26. The van der Waals surface area contributed by atoms with Crippen molar-refractivity contribution in [3.05, 3.63) is 17.8 Å². The van der Waals surface area contributed by atoms with E-state index in [4.69, 9.17) is 9.47 Å². The third-order valence-corrected chi connectivity index (χ3v) is 1.99. The molecule has 0 atom stereocenters. The van der Waals surface area contributed by atoms with E-state index in [1.807, 2.05) is 19.1 Å². The Morgan fingerprint density at radius 3 is 2.80 bits per heavy atom. The molecule has 0 radical (unpaired) electrons. The van der Waals surface area contributed by atoms with Gasteiger partial charge in [-0.3, -0.25) is 0 Å². The second kappa shape index (κ2) is 6.24. The van der Waals surface area contributed by atoms with Crippen molar-refractivity contribution in [2.75, 3.05) is 32.7 Å². The maximum Gasteiger partial charge on any atom is 0.129 e. The molecule has 0 aliphatic heterocycles. The molecule has 0 amide bonds. The van der Waals surface area contributed by atoms with Gasteiger partial charge >= 0.3 is 0 Å². The Balaban J connectivity index is 2.49. The first kappa shape index (κ1) is 11.8. The minimum atomic E-state index is 0.760. The zero-order valence-corrected chi connectivity index (χ0v) is 9.54. The Hall–Kier alpha value is -1.29.